The highest BCUT2D eigenvalue weighted by Crippen LogP contribution is 2.33. The fraction of sp³-hybridized carbons (Fsp3) is 0.941. The molecule has 1 aliphatic heterocycles. The van der Waals surface area contributed by atoms with Crippen LogP contribution < -0.4 is 5.32 Å². The molecular weight excluding hydrogens is 312 g/mol. The first-order valence-corrected chi connectivity index (χ1v) is 10.8. The normalized spacial score (nSPS) is 25.4. The van der Waals surface area contributed by atoms with Crippen LogP contribution >= 0.6 is 0 Å². The SMILES string of the molecule is O=C(CC1CCCCC1)NCC1CCN(S(=O)(=O)C2CC2)CC1. The molecule has 5 nitrogen and oxygen atoms in total. The Kier molecular flexibility index (Phi) is 5.62. The summed E-state index contributed by atoms with van der Waals surface area (Å²) in [6.07, 6.45) is 10.3. The molecule has 2 saturated carbocycles. The van der Waals surface area contributed by atoms with Crippen LogP contribution in [0, 0.1) is 11.8 Å². The number of nitrogens with zero attached hydrogens (tertiary/aromatic N) is 1. The zero-order valence-corrected chi connectivity index (χ0v) is 14.8. The number of hydrogen-bond acceptors (Lipinski definition) is 3. The molecule has 3 fully saturated rings. The van der Waals surface area contributed by atoms with Crippen LogP contribution in [0.1, 0.15) is 64.2 Å². The van der Waals surface area contributed by atoms with Crippen LogP contribution in [0.4, 0.5) is 0 Å². The molecule has 0 unspecified atom stereocenters. The summed E-state index contributed by atoms with van der Waals surface area (Å²) >= 11 is 0. The maximum absolute atomic E-state index is 12.2. The summed E-state index contributed by atoms with van der Waals surface area (Å²) in [4.78, 5) is 12.1. The molecule has 0 spiro atoms. The molecule has 1 heterocycles. The molecule has 1 saturated heterocycles. The molecule has 0 aromatic rings. The van der Waals surface area contributed by atoms with Gasteiger partial charge in [0, 0.05) is 26.1 Å². The van der Waals surface area contributed by atoms with Crippen molar-refractivity contribution in [1.29, 1.82) is 0 Å². The molecule has 3 aliphatic rings. The zero-order valence-electron chi connectivity index (χ0n) is 14.0. The lowest BCUT2D eigenvalue weighted by molar-refractivity contribution is -0.122. The molecule has 0 bridgehead atoms. The molecule has 3 rings (SSSR count). The number of sulfonamides is 1. The highest BCUT2D eigenvalue weighted by Gasteiger charge is 2.41. The van der Waals surface area contributed by atoms with Gasteiger partial charge in [-0.2, -0.15) is 0 Å². The molecule has 1 amide bonds. The van der Waals surface area contributed by atoms with E-state index in [2.05, 4.69) is 5.32 Å². The maximum atomic E-state index is 12.2. The van der Waals surface area contributed by atoms with E-state index >= 15 is 0 Å². The van der Waals surface area contributed by atoms with E-state index in [9.17, 15) is 13.2 Å². The third-order valence-corrected chi connectivity index (χ3v) is 8.06. The first-order valence-electron chi connectivity index (χ1n) is 9.31. The predicted molar refractivity (Wildman–Crippen MR) is 90.4 cm³/mol. The summed E-state index contributed by atoms with van der Waals surface area (Å²) in [5, 5.41) is 2.98. The van der Waals surface area contributed by atoms with Gasteiger partial charge in [0.25, 0.3) is 0 Å². The van der Waals surface area contributed by atoms with Crippen LogP contribution in [0.2, 0.25) is 0 Å². The first-order chi connectivity index (χ1) is 11.1. The molecule has 0 radical (unpaired) electrons. The second-order valence-corrected chi connectivity index (χ2v) is 9.81. The number of hydrogen-bond donors (Lipinski definition) is 1. The summed E-state index contributed by atoms with van der Waals surface area (Å²) in [7, 11) is -3.02. The standard InChI is InChI=1S/C17H30N2O3S/c20-17(12-14-4-2-1-3-5-14)18-13-15-8-10-19(11-9-15)23(21,22)16-6-7-16/h14-16H,1-13H2,(H,18,20). The number of carbonyl (C=O) groups excluding carboxylic acids is 1. The van der Waals surface area contributed by atoms with Gasteiger partial charge in [0.1, 0.15) is 0 Å². The lowest BCUT2D eigenvalue weighted by Crippen LogP contribution is -2.42. The van der Waals surface area contributed by atoms with E-state index in [-0.39, 0.29) is 11.2 Å². The van der Waals surface area contributed by atoms with Gasteiger partial charge in [0.05, 0.1) is 5.25 Å². The summed E-state index contributed by atoms with van der Waals surface area (Å²) in [5.74, 6) is 1.19. The largest absolute Gasteiger partial charge is 0.356 e. The zero-order chi connectivity index (χ0) is 16.3. The van der Waals surface area contributed by atoms with Gasteiger partial charge < -0.3 is 5.32 Å². The first kappa shape index (κ1) is 17.2. The number of nitrogens with one attached hydrogen (secondary N) is 1. The van der Waals surface area contributed by atoms with Crippen molar-refractivity contribution in [2.75, 3.05) is 19.6 Å². The van der Waals surface area contributed by atoms with Gasteiger partial charge in [-0.05, 0) is 50.4 Å². The lowest BCUT2D eigenvalue weighted by atomic mass is 9.87. The van der Waals surface area contributed by atoms with Crippen molar-refractivity contribution in [2.24, 2.45) is 11.8 Å². The van der Waals surface area contributed by atoms with Crippen molar-refractivity contribution in [1.82, 2.24) is 9.62 Å². The highest BCUT2D eigenvalue weighted by atomic mass is 32.2. The monoisotopic (exact) mass is 342 g/mol. The molecule has 2 aliphatic carbocycles. The number of rotatable bonds is 6. The van der Waals surface area contributed by atoms with E-state index in [1.807, 2.05) is 0 Å². The van der Waals surface area contributed by atoms with Crippen LogP contribution in [0.3, 0.4) is 0 Å². The van der Waals surface area contributed by atoms with E-state index in [4.69, 9.17) is 0 Å². The fourth-order valence-electron chi connectivity index (χ4n) is 3.93. The molecule has 0 aromatic carbocycles. The topological polar surface area (TPSA) is 66.5 Å². The quantitative estimate of drug-likeness (QED) is 0.805. The fourth-order valence-corrected chi connectivity index (χ4v) is 5.80. The summed E-state index contributed by atoms with van der Waals surface area (Å²) in [6.45, 7) is 1.97. The molecular formula is C17H30N2O3S. The second kappa shape index (κ2) is 7.51. The van der Waals surface area contributed by atoms with E-state index < -0.39 is 10.0 Å². The Labute approximate surface area is 140 Å². The molecule has 6 heteroatoms. The van der Waals surface area contributed by atoms with Crippen molar-refractivity contribution in [3.8, 4) is 0 Å². The predicted octanol–water partition coefficient (Wildman–Crippen LogP) is 2.28. The summed E-state index contributed by atoms with van der Waals surface area (Å²) in [6, 6.07) is 0. The Bertz CT molecular complexity index is 502. The number of amides is 1. The van der Waals surface area contributed by atoms with Crippen LogP contribution in [0.15, 0.2) is 0 Å². The average Bonchev–Trinajstić information content (AvgIpc) is 3.40. The summed E-state index contributed by atoms with van der Waals surface area (Å²) in [5.41, 5.74) is 0. The van der Waals surface area contributed by atoms with E-state index in [0.717, 1.165) is 25.7 Å². The maximum Gasteiger partial charge on any atom is 0.220 e. The van der Waals surface area contributed by atoms with Crippen molar-refractivity contribution in [3.05, 3.63) is 0 Å². The molecule has 23 heavy (non-hydrogen) atoms. The van der Waals surface area contributed by atoms with E-state index in [1.54, 1.807) is 4.31 Å². The Hall–Kier alpha value is -0.620. The van der Waals surface area contributed by atoms with Gasteiger partial charge in [-0.1, -0.05) is 19.3 Å². The van der Waals surface area contributed by atoms with Crippen molar-refractivity contribution in [3.63, 3.8) is 0 Å². The van der Waals surface area contributed by atoms with E-state index in [0.29, 0.717) is 37.9 Å². The van der Waals surface area contributed by atoms with E-state index in [1.165, 1.54) is 32.1 Å². The van der Waals surface area contributed by atoms with Crippen LogP contribution in [0.25, 0.3) is 0 Å². The lowest BCUT2D eigenvalue weighted by Gasteiger charge is -2.31. The Morgan fingerprint density at radius 2 is 1.57 bits per heavy atom. The van der Waals surface area contributed by atoms with Crippen LogP contribution in [0.5, 0.6) is 0 Å². The minimum Gasteiger partial charge on any atom is -0.356 e. The van der Waals surface area contributed by atoms with Crippen LogP contribution in [-0.2, 0) is 14.8 Å². The van der Waals surface area contributed by atoms with Gasteiger partial charge in [-0.25, -0.2) is 12.7 Å². The third-order valence-electron chi connectivity index (χ3n) is 5.67. The number of carbonyl (C=O) groups is 1. The van der Waals surface area contributed by atoms with Crippen molar-refractivity contribution < 1.29 is 13.2 Å². The molecule has 1 N–H and O–H groups in total. The Morgan fingerprint density at radius 1 is 0.913 bits per heavy atom. The molecule has 0 aromatic heterocycles. The van der Waals surface area contributed by atoms with Gasteiger partial charge in [-0.3, -0.25) is 4.79 Å². The second-order valence-electron chi connectivity index (χ2n) is 7.60. The van der Waals surface area contributed by atoms with Gasteiger partial charge in [0.2, 0.25) is 15.9 Å². The Morgan fingerprint density at radius 3 is 2.17 bits per heavy atom. The van der Waals surface area contributed by atoms with Crippen LogP contribution in [-0.4, -0.2) is 43.5 Å². The molecule has 0 atom stereocenters. The van der Waals surface area contributed by atoms with Gasteiger partial charge in [0.15, 0.2) is 0 Å². The smallest absolute Gasteiger partial charge is 0.220 e. The third kappa shape index (κ3) is 4.69. The molecule has 132 valence electrons. The van der Waals surface area contributed by atoms with Crippen molar-refractivity contribution >= 4 is 15.9 Å². The van der Waals surface area contributed by atoms with Gasteiger partial charge in [-0.15, -0.1) is 0 Å². The number of piperidine rings is 1. The minimum atomic E-state index is -3.02. The average molecular weight is 343 g/mol. The van der Waals surface area contributed by atoms with Crippen molar-refractivity contribution in [2.45, 2.75) is 69.5 Å². The Balaban J connectivity index is 1.35. The van der Waals surface area contributed by atoms with Gasteiger partial charge >= 0.3 is 0 Å². The highest BCUT2D eigenvalue weighted by molar-refractivity contribution is 7.90. The summed E-state index contributed by atoms with van der Waals surface area (Å²) < 4.78 is 26.1. The minimum absolute atomic E-state index is 0.103.